The first-order valence-electron chi connectivity index (χ1n) is 34.9. The van der Waals surface area contributed by atoms with Gasteiger partial charge >= 0.3 is 24.3 Å². The lowest BCUT2D eigenvalue weighted by atomic mass is 9.84. The lowest BCUT2D eigenvalue weighted by Crippen LogP contribution is -2.46. The van der Waals surface area contributed by atoms with Crippen LogP contribution in [0.4, 0.5) is 17.6 Å². The van der Waals surface area contributed by atoms with Crippen LogP contribution < -0.4 is 52.1 Å². The topological polar surface area (TPSA) is 224 Å². The third-order valence-corrected chi connectivity index (χ3v) is 18.8. The minimum absolute atomic E-state index is 0. The molecule has 0 spiro atoms. The molecule has 6 aliphatic rings. The fourth-order valence-corrected chi connectivity index (χ4v) is 11.3. The van der Waals surface area contributed by atoms with Gasteiger partial charge in [0.1, 0.15) is 82.9 Å². The van der Waals surface area contributed by atoms with Crippen LogP contribution in [0, 0.1) is 22.1 Å². The maximum absolute atomic E-state index is 13.7. The molecule has 5 aliphatic heterocycles. The third-order valence-electron chi connectivity index (χ3n) is 18.8. The summed E-state index contributed by atoms with van der Waals surface area (Å²) in [5, 5.41) is 0. The van der Waals surface area contributed by atoms with E-state index in [2.05, 4.69) is 38.5 Å². The van der Waals surface area contributed by atoms with Crippen LogP contribution in [-0.2, 0) is 33.2 Å². The van der Waals surface area contributed by atoms with Crippen molar-refractivity contribution in [1.82, 2.24) is 0 Å². The van der Waals surface area contributed by atoms with Crippen LogP contribution in [0.2, 0.25) is 0 Å². The second-order valence-corrected chi connectivity index (χ2v) is 26.5. The van der Waals surface area contributed by atoms with Gasteiger partial charge in [-0.2, -0.15) is 0 Å². The second-order valence-electron chi connectivity index (χ2n) is 26.5. The Bertz CT molecular complexity index is 4200. The van der Waals surface area contributed by atoms with E-state index in [9.17, 15) is 31.9 Å². The van der Waals surface area contributed by atoms with Crippen molar-refractivity contribution in [3.8, 4) is 74.4 Å². The van der Waals surface area contributed by atoms with E-state index in [4.69, 9.17) is 80.5 Å². The van der Waals surface area contributed by atoms with Crippen LogP contribution >= 0.6 is 0 Å². The van der Waals surface area contributed by atoms with Crippen molar-refractivity contribution in [2.24, 2.45) is 16.2 Å². The molecule has 592 valence electrons. The number of alkyl halides is 3. The number of hydrogen-bond acceptors (Lipinski definition) is 21. The molecule has 0 radical (unpaired) electrons. The number of carbonyl (C=O) groups is 3. The quantitative estimate of drug-likeness (QED) is 0.00931. The Morgan fingerprint density at radius 3 is 1.10 bits per heavy atom. The Hall–Kier alpha value is -9.99. The summed E-state index contributed by atoms with van der Waals surface area (Å²) in [6.07, 6.45) is -1.64. The number of rotatable bonds is 33. The zero-order chi connectivity index (χ0) is 74.1. The van der Waals surface area contributed by atoms with E-state index in [1.807, 2.05) is 54.6 Å². The molecule has 8 aromatic rings. The molecule has 8 aromatic carbocycles. The van der Waals surface area contributed by atoms with Gasteiger partial charge in [-0.05, 0) is 199 Å². The molecular weight excluding hydrogens is 1430 g/mol. The van der Waals surface area contributed by atoms with Crippen molar-refractivity contribution in [2.45, 2.75) is 101 Å². The number of ether oxygens (including phenoxy) is 18. The minimum atomic E-state index is -5.02. The molecule has 0 bridgehead atoms. The van der Waals surface area contributed by atoms with Crippen molar-refractivity contribution < 1.29 is 117 Å². The van der Waals surface area contributed by atoms with Gasteiger partial charge in [0, 0.05) is 22.8 Å². The van der Waals surface area contributed by atoms with Crippen molar-refractivity contribution in [2.75, 3.05) is 106 Å². The predicted octanol–water partition coefficient (Wildman–Crippen LogP) is 17.8. The molecule has 1 aliphatic carbocycles. The van der Waals surface area contributed by atoms with Crippen LogP contribution in [-0.4, -0.2) is 143 Å². The molecule has 0 amide bonds. The molecule has 5 fully saturated rings. The first kappa shape index (κ1) is 85.6. The Labute approximate surface area is 640 Å². The summed E-state index contributed by atoms with van der Waals surface area (Å²) in [6, 6.07) is 48.4. The number of benzene rings is 8. The van der Waals surface area contributed by atoms with E-state index in [1.54, 1.807) is 84.9 Å². The van der Waals surface area contributed by atoms with E-state index in [-0.39, 0.29) is 95.8 Å². The summed E-state index contributed by atoms with van der Waals surface area (Å²) in [5.74, 6) is 1.51. The van der Waals surface area contributed by atoms with E-state index < -0.39 is 35.8 Å². The van der Waals surface area contributed by atoms with Crippen LogP contribution in [0.3, 0.4) is 0 Å². The number of halogens is 4. The standard InChI is InChI=1S/C42H46O10.C20H18F4O5.C19H18O6.4CH4/c1-4-41(20-44-21-41)24-46-26-48-31-8-6-30(7-9-31)40(43)52-35-15-17-37-36-16-14-34(18-38(36)29(3)39(37)19-35)51-28-50-33-12-10-32(11-13-33)49-27-47-25-42(5-2)22-45-23-42;1-2-19(10-26-11-19)12-27-14-5-3-13(4-6-14)18(25)28-15-7-8-17(16(21)9-15)29-20(22,23)24;20-19(13-1-3-14(4-2-13)21-9-17-11-23-17)25-16-7-5-15(6-8-16)22-10-18-12-24-18;;;;/h6-19,29H,4-5,20-28H2,1-3H3;3-9H,2,10-12H2,1H3;1-8,17-18H,9-12H2;4*1H4. The first-order valence-corrected chi connectivity index (χ1v) is 34.9. The maximum atomic E-state index is 13.7. The number of fused-ring (bicyclic) bond motifs is 3. The zero-order valence-electron chi connectivity index (χ0n) is 59.0. The van der Waals surface area contributed by atoms with Crippen molar-refractivity contribution in [1.29, 1.82) is 0 Å². The van der Waals surface area contributed by atoms with Gasteiger partial charge < -0.3 is 85.3 Å². The van der Waals surface area contributed by atoms with Crippen LogP contribution in [0.5, 0.6) is 63.2 Å². The Balaban J connectivity index is 0.000000223. The number of carbonyl (C=O) groups excluding carboxylic acids is 3. The first-order chi connectivity index (χ1) is 51.3. The predicted molar refractivity (Wildman–Crippen MR) is 402 cm³/mol. The maximum Gasteiger partial charge on any atom is 0.573 e. The summed E-state index contributed by atoms with van der Waals surface area (Å²) in [7, 11) is 0. The third kappa shape index (κ3) is 23.8. The fourth-order valence-electron chi connectivity index (χ4n) is 11.3. The van der Waals surface area contributed by atoms with Gasteiger partial charge in [0.2, 0.25) is 6.79 Å². The Kier molecular flexibility index (Phi) is 30.8. The highest BCUT2D eigenvalue weighted by Crippen LogP contribution is 2.47. The average molecular weight is 1530 g/mol. The lowest BCUT2D eigenvalue weighted by Gasteiger charge is -2.40. The number of hydrogen-bond donors (Lipinski definition) is 0. The fraction of sp³-hybridized carbons (Fsp3) is 0.400. The highest BCUT2D eigenvalue weighted by atomic mass is 19.4. The van der Waals surface area contributed by atoms with Gasteiger partial charge in [-0.3, -0.25) is 0 Å². The van der Waals surface area contributed by atoms with Crippen molar-refractivity contribution >= 4 is 17.9 Å². The molecule has 110 heavy (non-hydrogen) atoms. The molecule has 3 atom stereocenters. The van der Waals surface area contributed by atoms with Crippen molar-refractivity contribution in [3.63, 3.8) is 0 Å². The molecule has 0 N–H and O–H groups in total. The molecule has 21 nitrogen and oxygen atoms in total. The molecule has 0 aromatic heterocycles. The van der Waals surface area contributed by atoms with Gasteiger partial charge in [-0.1, -0.05) is 69.5 Å². The molecule has 3 unspecified atom stereocenters. The Morgan fingerprint density at radius 2 is 0.718 bits per heavy atom. The molecule has 25 heteroatoms. The van der Waals surface area contributed by atoms with E-state index in [0.29, 0.717) is 109 Å². The molecular formula is C85H98F4O21. The summed E-state index contributed by atoms with van der Waals surface area (Å²) >= 11 is 0. The monoisotopic (exact) mass is 1530 g/mol. The Morgan fingerprint density at radius 1 is 0.400 bits per heavy atom. The van der Waals surface area contributed by atoms with Crippen molar-refractivity contribution in [3.05, 3.63) is 210 Å². The smallest absolute Gasteiger partial charge is 0.493 e. The summed E-state index contributed by atoms with van der Waals surface area (Å²) in [4.78, 5) is 37.3. The van der Waals surface area contributed by atoms with Gasteiger partial charge in [-0.15, -0.1) is 13.2 Å². The number of epoxide rings is 2. The highest BCUT2D eigenvalue weighted by Gasteiger charge is 2.40. The van der Waals surface area contributed by atoms with Crippen LogP contribution in [0.15, 0.2) is 176 Å². The number of esters is 3. The van der Waals surface area contributed by atoms with Gasteiger partial charge in [-0.25, -0.2) is 18.8 Å². The van der Waals surface area contributed by atoms with Crippen LogP contribution in [0.25, 0.3) is 11.1 Å². The van der Waals surface area contributed by atoms with Gasteiger partial charge in [0.05, 0.1) is 94.8 Å². The van der Waals surface area contributed by atoms with E-state index >= 15 is 0 Å². The molecule has 5 saturated heterocycles. The molecule has 14 rings (SSSR count). The molecule has 5 heterocycles. The summed E-state index contributed by atoms with van der Waals surface area (Å²) in [6.45, 7) is 17.5. The lowest BCUT2D eigenvalue weighted by molar-refractivity contribution is -0.275. The normalized spacial score (nSPS) is 17.0. The van der Waals surface area contributed by atoms with E-state index in [1.165, 1.54) is 12.1 Å². The summed E-state index contributed by atoms with van der Waals surface area (Å²) in [5.41, 5.74) is 5.78. The van der Waals surface area contributed by atoms with Gasteiger partial charge in [0.15, 0.2) is 25.2 Å². The van der Waals surface area contributed by atoms with Crippen LogP contribution in [0.1, 0.15) is 125 Å². The van der Waals surface area contributed by atoms with E-state index in [0.717, 1.165) is 99.0 Å². The highest BCUT2D eigenvalue weighted by molar-refractivity contribution is 5.92. The largest absolute Gasteiger partial charge is 0.573 e. The second kappa shape index (κ2) is 39.6. The summed E-state index contributed by atoms with van der Waals surface area (Å²) < 4.78 is 147. The van der Waals surface area contributed by atoms with Gasteiger partial charge in [0.25, 0.3) is 0 Å². The molecule has 0 saturated carbocycles. The SMILES string of the molecule is C.C.C.C.CCC1(COCOc2ccc(OCOc3ccc4c(c3)C(C)c3cc(OC(=O)c5ccc(OCOCC6(CC)COC6)cc5)ccc3-4)cc2)COC1.CCC1(COc2ccc(C(=O)Oc3ccc(OC(F)(F)F)c(F)c3)cc2)COC1.O=C(Oc1ccc(OCC2CO2)cc1)c1ccc(OCC2CO2)cc1. The zero-order valence-corrected chi connectivity index (χ0v) is 59.0. The minimum Gasteiger partial charge on any atom is -0.493 e. The average Bonchev–Trinajstić information content (AvgIpc) is 1.59.